The summed E-state index contributed by atoms with van der Waals surface area (Å²) in [6, 6.07) is 0. The Morgan fingerprint density at radius 1 is 1.35 bits per heavy atom. The lowest BCUT2D eigenvalue weighted by molar-refractivity contribution is 0.0473. The summed E-state index contributed by atoms with van der Waals surface area (Å²) in [5.41, 5.74) is 1.54. The third-order valence-electron chi connectivity index (χ3n) is 5.48. The highest BCUT2D eigenvalue weighted by Crippen LogP contribution is 2.48. The number of aromatic nitrogens is 2. The molecule has 1 aromatic heterocycles. The number of nitrogens with one attached hydrogen (secondary N) is 2. The van der Waals surface area contributed by atoms with Gasteiger partial charge in [0.15, 0.2) is 0 Å². The number of aromatic amines is 1. The molecule has 1 heterocycles. The highest BCUT2D eigenvalue weighted by molar-refractivity contribution is 5.05. The topological polar surface area (TPSA) is 40.7 Å². The number of rotatable bonds is 4. The van der Waals surface area contributed by atoms with Crippen molar-refractivity contribution in [3.63, 3.8) is 0 Å². The first-order valence-corrected chi connectivity index (χ1v) is 8.34. The number of hydrogen-bond donors (Lipinski definition) is 2. The Hall–Kier alpha value is -0.830. The van der Waals surface area contributed by atoms with Crippen molar-refractivity contribution in [3.8, 4) is 0 Å². The molecule has 2 fully saturated rings. The maximum atomic E-state index is 4.54. The zero-order valence-electron chi connectivity index (χ0n) is 13.2. The fourth-order valence-electron chi connectivity index (χ4n) is 4.86. The molecule has 0 saturated heterocycles. The second-order valence-electron chi connectivity index (χ2n) is 7.44. The first kappa shape index (κ1) is 14.1. The molecule has 1 aromatic rings. The highest BCUT2D eigenvalue weighted by atomic mass is 15.0. The molecule has 2 bridgehead atoms. The Balaban J connectivity index is 1.70. The van der Waals surface area contributed by atoms with E-state index in [9.17, 15) is 0 Å². The van der Waals surface area contributed by atoms with E-state index < -0.39 is 0 Å². The predicted octanol–water partition coefficient (Wildman–Crippen LogP) is 3.80. The molecule has 0 amide bonds. The van der Waals surface area contributed by atoms with Crippen LogP contribution in [0.2, 0.25) is 0 Å². The molecule has 4 atom stereocenters. The standard InChI is InChI=1S/C17H29N3/c1-4-14-6-15-5-12(2)7-17(8-14,9-15)19-11-16-10-18-13(3)20-16/h10,12,14-15,19H,4-9,11H2,1-3H3,(H,18,20). The second-order valence-corrected chi connectivity index (χ2v) is 7.44. The van der Waals surface area contributed by atoms with Crippen molar-refractivity contribution < 1.29 is 0 Å². The molecule has 0 spiro atoms. The largest absolute Gasteiger partial charge is 0.348 e. The molecule has 3 nitrogen and oxygen atoms in total. The SMILES string of the molecule is CCC1CC2CC(C)CC(NCc3c[nH]c(C)n3)(C1)C2. The quantitative estimate of drug-likeness (QED) is 0.877. The van der Waals surface area contributed by atoms with E-state index in [4.69, 9.17) is 0 Å². The van der Waals surface area contributed by atoms with Crippen molar-refractivity contribution in [2.45, 2.75) is 71.4 Å². The van der Waals surface area contributed by atoms with Crippen LogP contribution in [0.5, 0.6) is 0 Å². The molecule has 2 N–H and O–H groups in total. The minimum atomic E-state index is 0.383. The molecule has 0 aliphatic heterocycles. The summed E-state index contributed by atoms with van der Waals surface area (Å²) in [5, 5.41) is 3.91. The van der Waals surface area contributed by atoms with Gasteiger partial charge in [-0.15, -0.1) is 0 Å². The first-order chi connectivity index (χ1) is 9.58. The van der Waals surface area contributed by atoms with Gasteiger partial charge in [0.25, 0.3) is 0 Å². The first-order valence-electron chi connectivity index (χ1n) is 8.34. The summed E-state index contributed by atoms with van der Waals surface area (Å²) in [5.74, 6) is 3.77. The van der Waals surface area contributed by atoms with E-state index in [2.05, 4.69) is 29.1 Å². The predicted molar refractivity (Wildman–Crippen MR) is 82.4 cm³/mol. The fourth-order valence-corrected chi connectivity index (χ4v) is 4.86. The normalized spacial score (nSPS) is 37.0. The molecule has 0 aromatic carbocycles. The number of H-pyrrole nitrogens is 1. The van der Waals surface area contributed by atoms with Gasteiger partial charge in [-0.05, 0) is 56.8 Å². The van der Waals surface area contributed by atoms with E-state index in [1.54, 1.807) is 0 Å². The van der Waals surface area contributed by atoms with E-state index in [0.717, 1.165) is 35.8 Å². The van der Waals surface area contributed by atoms with Crippen LogP contribution in [0.25, 0.3) is 0 Å². The van der Waals surface area contributed by atoms with E-state index in [0.29, 0.717) is 5.54 Å². The maximum Gasteiger partial charge on any atom is 0.103 e. The number of hydrogen-bond acceptors (Lipinski definition) is 2. The molecule has 20 heavy (non-hydrogen) atoms. The molecular formula is C17H29N3. The summed E-state index contributed by atoms with van der Waals surface area (Å²) in [4.78, 5) is 7.72. The average Bonchev–Trinajstić information content (AvgIpc) is 2.81. The monoisotopic (exact) mass is 275 g/mol. The van der Waals surface area contributed by atoms with Crippen LogP contribution in [0.3, 0.4) is 0 Å². The number of fused-ring (bicyclic) bond motifs is 2. The summed E-state index contributed by atoms with van der Waals surface area (Å²) in [6.07, 6.45) is 10.4. The van der Waals surface area contributed by atoms with Crippen molar-refractivity contribution >= 4 is 0 Å². The number of imidazole rings is 1. The Kier molecular flexibility index (Phi) is 3.89. The van der Waals surface area contributed by atoms with Crippen molar-refractivity contribution in [2.75, 3.05) is 0 Å². The van der Waals surface area contributed by atoms with Crippen molar-refractivity contribution in [1.82, 2.24) is 15.3 Å². The molecule has 4 unspecified atom stereocenters. The maximum absolute atomic E-state index is 4.54. The number of nitrogens with zero attached hydrogens (tertiary/aromatic N) is 1. The van der Waals surface area contributed by atoms with Gasteiger partial charge in [0.2, 0.25) is 0 Å². The Labute approximate surface area is 123 Å². The van der Waals surface area contributed by atoms with Gasteiger partial charge < -0.3 is 10.3 Å². The van der Waals surface area contributed by atoms with Crippen LogP contribution in [0, 0.1) is 24.7 Å². The summed E-state index contributed by atoms with van der Waals surface area (Å²) in [6.45, 7) is 7.74. The van der Waals surface area contributed by atoms with Gasteiger partial charge in [-0.1, -0.05) is 20.3 Å². The summed E-state index contributed by atoms with van der Waals surface area (Å²) < 4.78 is 0. The zero-order valence-corrected chi connectivity index (χ0v) is 13.2. The van der Waals surface area contributed by atoms with Crippen molar-refractivity contribution in [1.29, 1.82) is 0 Å². The van der Waals surface area contributed by atoms with Crippen LogP contribution in [0.15, 0.2) is 6.20 Å². The van der Waals surface area contributed by atoms with Crippen molar-refractivity contribution in [2.24, 2.45) is 17.8 Å². The summed E-state index contributed by atoms with van der Waals surface area (Å²) in [7, 11) is 0. The van der Waals surface area contributed by atoms with Crippen LogP contribution in [-0.2, 0) is 6.54 Å². The van der Waals surface area contributed by atoms with Crippen LogP contribution in [0.1, 0.15) is 63.9 Å². The third-order valence-corrected chi connectivity index (χ3v) is 5.48. The lowest BCUT2D eigenvalue weighted by Gasteiger charge is -2.51. The third kappa shape index (κ3) is 2.93. The highest BCUT2D eigenvalue weighted by Gasteiger charge is 2.44. The fraction of sp³-hybridized carbons (Fsp3) is 0.824. The smallest absolute Gasteiger partial charge is 0.103 e. The van der Waals surface area contributed by atoms with Gasteiger partial charge >= 0.3 is 0 Å². The van der Waals surface area contributed by atoms with Crippen molar-refractivity contribution in [3.05, 3.63) is 17.7 Å². The van der Waals surface area contributed by atoms with Gasteiger partial charge in [0.1, 0.15) is 5.82 Å². The van der Waals surface area contributed by atoms with Gasteiger partial charge in [-0.3, -0.25) is 0 Å². The zero-order chi connectivity index (χ0) is 14.2. The van der Waals surface area contributed by atoms with E-state index in [-0.39, 0.29) is 0 Å². The Morgan fingerprint density at radius 2 is 2.20 bits per heavy atom. The molecule has 0 radical (unpaired) electrons. The molecule has 2 saturated carbocycles. The molecule has 112 valence electrons. The van der Waals surface area contributed by atoms with E-state index in [1.165, 1.54) is 38.5 Å². The van der Waals surface area contributed by atoms with Gasteiger partial charge in [-0.25, -0.2) is 4.98 Å². The van der Waals surface area contributed by atoms with Crippen LogP contribution in [0.4, 0.5) is 0 Å². The van der Waals surface area contributed by atoms with Crippen LogP contribution in [-0.4, -0.2) is 15.5 Å². The summed E-state index contributed by atoms with van der Waals surface area (Å²) >= 11 is 0. The second kappa shape index (κ2) is 5.51. The average molecular weight is 275 g/mol. The molecule has 3 heteroatoms. The molecular weight excluding hydrogens is 246 g/mol. The lowest BCUT2D eigenvalue weighted by atomic mass is 9.60. The van der Waals surface area contributed by atoms with E-state index in [1.807, 2.05) is 13.1 Å². The minimum Gasteiger partial charge on any atom is -0.348 e. The molecule has 3 rings (SSSR count). The van der Waals surface area contributed by atoms with Crippen LogP contribution >= 0.6 is 0 Å². The van der Waals surface area contributed by atoms with Gasteiger partial charge in [-0.2, -0.15) is 0 Å². The van der Waals surface area contributed by atoms with Crippen LogP contribution < -0.4 is 5.32 Å². The molecule has 2 aliphatic rings. The Bertz CT molecular complexity index is 449. The number of aryl methyl sites for hydroxylation is 1. The lowest BCUT2D eigenvalue weighted by Crippen LogP contribution is -2.54. The van der Waals surface area contributed by atoms with Gasteiger partial charge in [0, 0.05) is 18.3 Å². The Morgan fingerprint density at radius 3 is 2.90 bits per heavy atom. The molecule has 2 aliphatic carbocycles. The van der Waals surface area contributed by atoms with E-state index >= 15 is 0 Å². The van der Waals surface area contributed by atoms with Gasteiger partial charge in [0.05, 0.1) is 5.69 Å². The minimum absolute atomic E-state index is 0.383.